The van der Waals surface area contributed by atoms with Crippen molar-refractivity contribution in [2.24, 2.45) is 0 Å². The van der Waals surface area contributed by atoms with Gasteiger partial charge in [0.15, 0.2) is 12.5 Å². The number of hydrogen-bond acceptors (Lipinski definition) is 1. The van der Waals surface area contributed by atoms with Gasteiger partial charge in [-0.2, -0.15) is 35.9 Å². The summed E-state index contributed by atoms with van der Waals surface area (Å²) >= 11 is 0. The molecule has 0 bridgehead atoms. The second-order valence-corrected chi connectivity index (χ2v) is 15.7. The zero-order valence-electron chi connectivity index (χ0n) is 23.4. The van der Waals surface area contributed by atoms with Gasteiger partial charge < -0.3 is 8.83 Å². The summed E-state index contributed by atoms with van der Waals surface area (Å²) in [5, 5.41) is 1.39. The van der Waals surface area contributed by atoms with Crippen molar-refractivity contribution in [3.05, 3.63) is 90.9 Å². The van der Waals surface area contributed by atoms with Crippen LogP contribution >= 0.6 is 16.0 Å². The average Bonchev–Trinajstić information content (AvgIpc) is 3.80. The zero-order chi connectivity index (χ0) is 26.2. The van der Waals surface area contributed by atoms with Gasteiger partial charge in [0, 0.05) is 7.92 Å². The Balaban J connectivity index is 0.000000530. The predicted molar refractivity (Wildman–Crippen MR) is 164 cm³/mol. The maximum Gasteiger partial charge on any atom is 2.00 e. The molecule has 6 rings (SSSR count). The molecule has 1 unspecified atom stereocenters. The summed E-state index contributed by atoms with van der Waals surface area (Å²) in [6.45, 7) is 2.44. The first-order chi connectivity index (χ1) is 18.7. The maximum atomic E-state index is 5.94. The van der Waals surface area contributed by atoms with Gasteiger partial charge >= 0.3 is 17.1 Å². The van der Waals surface area contributed by atoms with E-state index in [0.29, 0.717) is 6.04 Å². The monoisotopic (exact) mass is 603 g/mol. The van der Waals surface area contributed by atoms with Gasteiger partial charge in [-0.1, -0.05) is 57.6 Å². The SMILES string of the molecule is CC(c1cc[cH-]c1P([c-]1ccc[o+]1)[c-]1ccc[o+]1)N(C)P(C1CCCCC1)C1CCCCC1.[Fe+2].c1cc[cH-]c1. The maximum absolute atomic E-state index is 5.94. The van der Waals surface area contributed by atoms with Gasteiger partial charge in [-0.25, -0.2) is 18.2 Å². The van der Waals surface area contributed by atoms with Gasteiger partial charge in [0.2, 0.25) is 11.0 Å². The molecule has 0 amide bonds. The van der Waals surface area contributed by atoms with Crippen LogP contribution in [0.5, 0.6) is 0 Å². The van der Waals surface area contributed by atoms with Gasteiger partial charge in [-0.3, -0.25) is 4.67 Å². The smallest absolute Gasteiger partial charge is 0.345 e. The molecule has 0 saturated heterocycles. The Morgan fingerprint density at radius 2 is 1.36 bits per heavy atom. The van der Waals surface area contributed by atoms with Gasteiger partial charge in [-0.05, 0) is 58.2 Å². The Labute approximate surface area is 248 Å². The summed E-state index contributed by atoms with van der Waals surface area (Å²) in [5.74, 6) is 0. The molecule has 4 aromatic rings. The van der Waals surface area contributed by atoms with Gasteiger partial charge in [-0.15, -0.1) is 17.4 Å². The normalized spacial score (nSPS) is 17.7. The van der Waals surface area contributed by atoms with Crippen LogP contribution < -0.4 is 16.3 Å². The van der Waals surface area contributed by atoms with Crippen molar-refractivity contribution in [2.45, 2.75) is 88.5 Å². The Morgan fingerprint density at radius 3 is 1.79 bits per heavy atom. The first-order valence-corrected chi connectivity index (χ1v) is 17.3. The molecular formula is C33H43FeNO2P2. The molecule has 0 spiro atoms. The molecule has 0 radical (unpaired) electrons. The topological polar surface area (TPSA) is 25.8 Å². The van der Waals surface area contributed by atoms with E-state index >= 15 is 0 Å². The minimum Gasteiger partial charge on any atom is -0.345 e. The van der Waals surface area contributed by atoms with E-state index in [-0.39, 0.29) is 25.1 Å². The molecule has 6 heteroatoms. The molecule has 2 heterocycles. The van der Waals surface area contributed by atoms with Crippen LogP contribution in [0.2, 0.25) is 0 Å². The predicted octanol–water partition coefficient (Wildman–Crippen LogP) is 8.81. The molecular weight excluding hydrogens is 560 g/mol. The Bertz CT molecular complexity index is 1070. The Morgan fingerprint density at radius 1 is 0.821 bits per heavy atom. The van der Waals surface area contributed by atoms with Gasteiger partial charge in [0.05, 0.1) is 0 Å². The minimum atomic E-state index is -0.814. The molecule has 2 aromatic heterocycles. The van der Waals surface area contributed by atoms with E-state index in [2.05, 4.69) is 49.0 Å². The minimum absolute atomic E-state index is 0. The van der Waals surface area contributed by atoms with E-state index in [4.69, 9.17) is 8.83 Å². The second kappa shape index (κ2) is 15.6. The van der Waals surface area contributed by atoms with E-state index in [1.54, 1.807) is 12.5 Å². The van der Waals surface area contributed by atoms with Crippen molar-refractivity contribution >= 4 is 32.3 Å². The van der Waals surface area contributed by atoms with Crippen molar-refractivity contribution < 1.29 is 25.9 Å². The molecule has 210 valence electrons. The van der Waals surface area contributed by atoms with Crippen LogP contribution in [0.15, 0.2) is 94.2 Å². The van der Waals surface area contributed by atoms with Crippen molar-refractivity contribution in [3.63, 3.8) is 0 Å². The third-order valence-electron chi connectivity index (χ3n) is 8.35. The largest absolute Gasteiger partial charge is 2.00 e. The molecule has 2 fully saturated rings. The number of hydrogen-bond donors (Lipinski definition) is 0. The average molecular weight is 604 g/mol. The van der Waals surface area contributed by atoms with Crippen LogP contribution in [-0.4, -0.2) is 23.0 Å². The van der Waals surface area contributed by atoms with E-state index in [0.717, 1.165) is 22.3 Å². The van der Waals surface area contributed by atoms with Crippen molar-refractivity contribution in [1.29, 1.82) is 0 Å². The van der Waals surface area contributed by atoms with Crippen molar-refractivity contribution in [1.82, 2.24) is 4.67 Å². The van der Waals surface area contributed by atoms with Crippen molar-refractivity contribution in [3.8, 4) is 0 Å². The first-order valence-electron chi connectivity index (χ1n) is 14.5. The molecule has 2 saturated carbocycles. The van der Waals surface area contributed by atoms with Gasteiger partial charge in [0.1, 0.15) is 0 Å². The zero-order valence-corrected chi connectivity index (χ0v) is 26.3. The van der Waals surface area contributed by atoms with Crippen molar-refractivity contribution in [2.75, 3.05) is 7.05 Å². The van der Waals surface area contributed by atoms with E-state index < -0.39 is 7.92 Å². The molecule has 0 N–H and O–H groups in total. The second-order valence-electron chi connectivity index (χ2n) is 10.8. The van der Waals surface area contributed by atoms with Crippen LogP contribution in [0.25, 0.3) is 0 Å². The Kier molecular flexibility index (Phi) is 12.2. The molecule has 1 atom stereocenters. The molecule has 3 nitrogen and oxygen atoms in total. The molecule has 0 aliphatic heterocycles. The fraction of sp³-hybridized carbons (Fsp3) is 0.455. The number of furan rings is 2. The third kappa shape index (κ3) is 7.67. The van der Waals surface area contributed by atoms with Gasteiger partial charge in [0.25, 0.3) is 0 Å². The van der Waals surface area contributed by atoms with E-state index in [9.17, 15) is 0 Å². The Hall–Kier alpha value is -1.40. The fourth-order valence-electron chi connectivity index (χ4n) is 6.35. The molecule has 2 aromatic carbocycles. The van der Waals surface area contributed by atoms with Crippen LogP contribution in [0.3, 0.4) is 0 Å². The summed E-state index contributed by atoms with van der Waals surface area (Å²) in [4.78, 5) is 0. The molecule has 2 aliphatic carbocycles. The van der Waals surface area contributed by atoms with E-state index in [1.165, 1.54) is 75.1 Å². The summed E-state index contributed by atoms with van der Waals surface area (Å²) in [7, 11) is 1.50. The quantitative estimate of drug-likeness (QED) is 0.0872. The van der Waals surface area contributed by atoms with Crippen LogP contribution in [0.4, 0.5) is 0 Å². The van der Waals surface area contributed by atoms with E-state index in [1.807, 2.05) is 42.5 Å². The standard InChI is InChI=1S/C28H38NO2P2.C5H5.Fe/c1-22(29(2)33(23-12-5-3-6-13-23)24-14-7-4-8-15-24)25-16-9-17-26(25)32(27-18-10-20-30-27)28-19-11-21-31-28;1-2-4-5-3-1;/h9-11,16-24H,3-8,12-15H2,1-2H3;1-5H;/q2*-1;+2. The summed E-state index contributed by atoms with van der Waals surface area (Å²) < 4.78 is 14.7. The van der Waals surface area contributed by atoms with Crippen LogP contribution in [0.1, 0.15) is 82.7 Å². The molecule has 2 aliphatic rings. The summed E-state index contributed by atoms with van der Waals surface area (Å²) in [6.07, 6.45) is 18.0. The summed E-state index contributed by atoms with van der Waals surface area (Å²) in [5.41, 5.74) is 5.32. The fourth-order valence-corrected chi connectivity index (χ4v) is 12.5. The summed E-state index contributed by atoms with van der Waals surface area (Å²) in [6, 6.07) is 25.5. The number of nitrogens with zero attached hydrogens (tertiary/aromatic N) is 1. The van der Waals surface area contributed by atoms with Crippen LogP contribution in [-0.2, 0) is 17.1 Å². The molecule has 39 heavy (non-hydrogen) atoms. The first kappa shape index (κ1) is 30.6. The van der Waals surface area contributed by atoms with Crippen LogP contribution in [0, 0.1) is 0 Å². The third-order valence-corrected chi connectivity index (χ3v) is 14.2. The number of rotatable bonds is 8.